The van der Waals surface area contributed by atoms with Crippen molar-refractivity contribution in [2.45, 2.75) is 24.9 Å². The first-order valence-corrected chi connectivity index (χ1v) is 10.6. The lowest BCUT2D eigenvalue weighted by molar-refractivity contribution is 0.572. The van der Waals surface area contributed by atoms with Gasteiger partial charge in [0.2, 0.25) is 0 Å². The molecule has 1 atom stereocenters. The van der Waals surface area contributed by atoms with E-state index in [9.17, 15) is 0 Å². The summed E-state index contributed by atoms with van der Waals surface area (Å²) in [5.74, 6) is 0. The molecule has 31 heavy (non-hydrogen) atoms. The van der Waals surface area contributed by atoms with Gasteiger partial charge in [-0.1, -0.05) is 111 Å². The molecule has 0 spiro atoms. The van der Waals surface area contributed by atoms with E-state index in [0.717, 1.165) is 16.7 Å². The number of hydrogen-bond donors (Lipinski definition) is 1. The van der Waals surface area contributed by atoms with E-state index in [2.05, 4.69) is 104 Å². The van der Waals surface area contributed by atoms with Crippen LogP contribution >= 0.6 is 0 Å². The van der Waals surface area contributed by atoms with Gasteiger partial charge >= 0.3 is 0 Å². The average Bonchev–Trinajstić information content (AvgIpc) is 3.06. The molecule has 0 heterocycles. The van der Waals surface area contributed by atoms with Crippen LogP contribution in [-0.4, -0.2) is 6.72 Å². The van der Waals surface area contributed by atoms with Crippen molar-refractivity contribution in [2.75, 3.05) is 0 Å². The summed E-state index contributed by atoms with van der Waals surface area (Å²) in [6.07, 6.45) is 0. The second kappa shape index (κ2) is 7.04. The van der Waals surface area contributed by atoms with E-state index >= 15 is 0 Å². The smallest absolute Gasteiger partial charge is 0.159 e. The summed E-state index contributed by atoms with van der Waals surface area (Å²) in [6.45, 7) is 8.41. The third-order valence-electron chi connectivity index (χ3n) is 6.71. The van der Waals surface area contributed by atoms with Gasteiger partial charge in [0.25, 0.3) is 0 Å². The van der Waals surface area contributed by atoms with Gasteiger partial charge in [-0.3, -0.25) is 10.7 Å². The minimum absolute atomic E-state index is 0.0822. The Morgan fingerprint density at radius 2 is 1.26 bits per heavy atom. The second-order valence-electron chi connectivity index (χ2n) is 8.80. The molecule has 0 fully saturated rings. The van der Waals surface area contributed by atoms with E-state index in [1.54, 1.807) is 0 Å². The number of nitrogens with zero attached hydrogens (tertiary/aromatic N) is 1. The molecule has 2 nitrogen and oxygen atoms in total. The Balaban J connectivity index is 1.58. The Morgan fingerprint density at radius 3 is 1.97 bits per heavy atom. The van der Waals surface area contributed by atoms with E-state index in [1.807, 2.05) is 18.2 Å². The highest BCUT2D eigenvalue weighted by Gasteiger charge is 2.37. The summed E-state index contributed by atoms with van der Waals surface area (Å²) in [5, 5.41) is 0. The standard InChI is InChI=1S/C29H26N2/c1-28(2)26-12-8-7-11-24(26)25-18-17-23(19-27(25)28)29(30,31-3)22-15-13-21(14-16-22)20-9-5-4-6-10-20/h4-19H,3,30H2,1-2H3. The molecule has 0 amide bonds. The Labute approximate surface area is 184 Å². The number of rotatable bonds is 4. The van der Waals surface area contributed by atoms with Gasteiger partial charge in [0.1, 0.15) is 0 Å². The van der Waals surface area contributed by atoms with Gasteiger partial charge in [-0.15, -0.1) is 0 Å². The van der Waals surface area contributed by atoms with Crippen LogP contribution in [0.15, 0.2) is 102 Å². The summed E-state index contributed by atoms with van der Waals surface area (Å²) in [7, 11) is 0. The Morgan fingerprint density at radius 1 is 0.677 bits per heavy atom. The third-order valence-corrected chi connectivity index (χ3v) is 6.71. The lowest BCUT2D eigenvalue weighted by atomic mass is 9.80. The van der Waals surface area contributed by atoms with E-state index in [-0.39, 0.29) is 5.41 Å². The number of fused-ring (bicyclic) bond motifs is 3. The molecule has 4 aromatic carbocycles. The summed E-state index contributed by atoms with van der Waals surface area (Å²) in [6, 6.07) is 33.8. The Bertz CT molecular complexity index is 1270. The van der Waals surface area contributed by atoms with Crippen LogP contribution in [0.2, 0.25) is 0 Å². The number of benzene rings is 4. The zero-order valence-corrected chi connectivity index (χ0v) is 18.0. The van der Waals surface area contributed by atoms with Crippen molar-refractivity contribution in [2.24, 2.45) is 10.7 Å². The SMILES string of the molecule is C=NC(N)(c1ccc(-c2ccccc2)cc1)c1ccc2c(c1)C(C)(C)c1ccccc1-2. The van der Waals surface area contributed by atoms with Crippen molar-refractivity contribution in [3.05, 3.63) is 119 Å². The van der Waals surface area contributed by atoms with Gasteiger partial charge in [0.15, 0.2) is 5.66 Å². The Kier molecular flexibility index (Phi) is 4.42. The number of nitrogens with two attached hydrogens (primary N) is 1. The molecule has 1 aliphatic rings. The molecule has 0 saturated heterocycles. The molecule has 4 aromatic rings. The fraction of sp³-hybridized carbons (Fsp3) is 0.138. The molecule has 0 radical (unpaired) electrons. The zero-order valence-electron chi connectivity index (χ0n) is 18.0. The molecule has 152 valence electrons. The lowest BCUT2D eigenvalue weighted by Crippen LogP contribution is -2.36. The topological polar surface area (TPSA) is 38.4 Å². The molecule has 1 unspecified atom stereocenters. The lowest BCUT2D eigenvalue weighted by Gasteiger charge is -2.28. The van der Waals surface area contributed by atoms with E-state index < -0.39 is 5.66 Å². The maximum Gasteiger partial charge on any atom is 0.159 e. The largest absolute Gasteiger partial charge is 0.300 e. The molecular formula is C29H26N2. The van der Waals surface area contributed by atoms with E-state index in [4.69, 9.17) is 5.73 Å². The van der Waals surface area contributed by atoms with Crippen LogP contribution in [0.4, 0.5) is 0 Å². The molecular weight excluding hydrogens is 376 g/mol. The minimum Gasteiger partial charge on any atom is -0.300 e. The van der Waals surface area contributed by atoms with Gasteiger partial charge in [-0.25, -0.2) is 0 Å². The zero-order chi connectivity index (χ0) is 21.6. The van der Waals surface area contributed by atoms with Crippen molar-refractivity contribution in [3.63, 3.8) is 0 Å². The molecule has 1 aliphatic carbocycles. The number of hydrogen-bond acceptors (Lipinski definition) is 2. The minimum atomic E-state index is -1.00. The van der Waals surface area contributed by atoms with E-state index in [1.165, 1.54) is 27.8 Å². The summed E-state index contributed by atoms with van der Waals surface area (Å²) in [4.78, 5) is 4.41. The first-order valence-electron chi connectivity index (χ1n) is 10.6. The first kappa shape index (κ1) is 19.5. The van der Waals surface area contributed by atoms with E-state index in [0.29, 0.717) is 0 Å². The predicted octanol–water partition coefficient (Wildman–Crippen LogP) is 6.52. The highest BCUT2D eigenvalue weighted by molar-refractivity contribution is 5.81. The van der Waals surface area contributed by atoms with Gasteiger partial charge in [0.05, 0.1) is 0 Å². The highest BCUT2D eigenvalue weighted by atomic mass is 15.0. The molecule has 0 aliphatic heterocycles. The average molecular weight is 403 g/mol. The highest BCUT2D eigenvalue weighted by Crippen LogP contribution is 2.49. The van der Waals surface area contributed by atoms with Gasteiger partial charge in [-0.05, 0) is 51.2 Å². The van der Waals surface area contributed by atoms with Crippen LogP contribution in [0.25, 0.3) is 22.3 Å². The van der Waals surface area contributed by atoms with Gasteiger partial charge < -0.3 is 0 Å². The van der Waals surface area contributed by atoms with Crippen LogP contribution in [0, 0.1) is 0 Å². The second-order valence-corrected chi connectivity index (χ2v) is 8.80. The first-order chi connectivity index (χ1) is 14.9. The molecule has 2 heteroatoms. The van der Waals surface area contributed by atoms with Crippen LogP contribution in [0.3, 0.4) is 0 Å². The molecule has 0 saturated carbocycles. The molecule has 2 N–H and O–H groups in total. The third kappa shape index (κ3) is 2.95. The van der Waals surface area contributed by atoms with Crippen LogP contribution in [-0.2, 0) is 11.1 Å². The van der Waals surface area contributed by atoms with Crippen LogP contribution < -0.4 is 5.73 Å². The van der Waals surface area contributed by atoms with Crippen molar-refractivity contribution >= 4 is 6.72 Å². The Hall–Kier alpha value is -3.49. The normalized spacial score (nSPS) is 15.6. The monoisotopic (exact) mass is 402 g/mol. The van der Waals surface area contributed by atoms with Crippen molar-refractivity contribution < 1.29 is 0 Å². The number of aliphatic imine (C=N–C) groups is 1. The van der Waals surface area contributed by atoms with Crippen molar-refractivity contribution in [3.8, 4) is 22.3 Å². The fourth-order valence-electron chi connectivity index (χ4n) is 4.84. The van der Waals surface area contributed by atoms with Crippen molar-refractivity contribution in [1.29, 1.82) is 0 Å². The fourth-order valence-corrected chi connectivity index (χ4v) is 4.84. The maximum absolute atomic E-state index is 6.89. The van der Waals surface area contributed by atoms with Crippen molar-refractivity contribution in [1.82, 2.24) is 0 Å². The van der Waals surface area contributed by atoms with Crippen LogP contribution in [0.1, 0.15) is 36.1 Å². The van der Waals surface area contributed by atoms with Gasteiger partial charge in [0, 0.05) is 5.41 Å². The molecule has 5 rings (SSSR count). The maximum atomic E-state index is 6.89. The van der Waals surface area contributed by atoms with Gasteiger partial charge in [-0.2, -0.15) is 0 Å². The summed E-state index contributed by atoms with van der Waals surface area (Å²) in [5.41, 5.74) is 15.2. The summed E-state index contributed by atoms with van der Waals surface area (Å²) < 4.78 is 0. The molecule has 0 bridgehead atoms. The van der Waals surface area contributed by atoms with Crippen LogP contribution in [0.5, 0.6) is 0 Å². The molecule has 0 aromatic heterocycles. The quantitative estimate of drug-likeness (QED) is 0.388. The summed E-state index contributed by atoms with van der Waals surface area (Å²) >= 11 is 0. The predicted molar refractivity (Wildman–Crippen MR) is 130 cm³/mol.